The molecule has 0 fully saturated rings. The van der Waals surface area contributed by atoms with Gasteiger partial charge in [-0.25, -0.2) is 0 Å². The lowest BCUT2D eigenvalue weighted by Gasteiger charge is -2.15. The van der Waals surface area contributed by atoms with Crippen molar-refractivity contribution in [3.8, 4) is 5.75 Å². The van der Waals surface area contributed by atoms with E-state index in [4.69, 9.17) is 4.74 Å². The second-order valence-electron chi connectivity index (χ2n) is 5.40. The second-order valence-corrected chi connectivity index (χ2v) is 5.40. The molecule has 0 unspecified atom stereocenters. The number of anilines is 1. The summed E-state index contributed by atoms with van der Waals surface area (Å²) in [7, 11) is 4.00. The van der Waals surface area contributed by atoms with Crippen LogP contribution in [0, 0.1) is 6.92 Å². The van der Waals surface area contributed by atoms with Crippen molar-refractivity contribution in [3.63, 3.8) is 0 Å². The zero-order valence-electron chi connectivity index (χ0n) is 13.7. The Hall–Kier alpha value is -1.81. The Morgan fingerprint density at radius 3 is 2.71 bits per heavy atom. The zero-order chi connectivity index (χ0) is 15.8. The topological polar surface area (TPSA) is 41.6 Å². The third kappa shape index (κ3) is 6.00. The number of hydrogen-bond acceptors (Lipinski definition) is 3. The van der Waals surface area contributed by atoms with Crippen molar-refractivity contribution in [2.45, 2.75) is 27.2 Å². The van der Waals surface area contributed by atoms with Crippen LogP contribution in [0.3, 0.4) is 0 Å². The number of amides is 1. The minimum Gasteiger partial charge on any atom is -0.490 e. The van der Waals surface area contributed by atoms with E-state index in [2.05, 4.69) is 10.2 Å². The monoisotopic (exact) mass is 290 g/mol. The summed E-state index contributed by atoms with van der Waals surface area (Å²) in [6.45, 7) is 7.25. The van der Waals surface area contributed by atoms with E-state index >= 15 is 0 Å². The lowest BCUT2D eigenvalue weighted by Crippen LogP contribution is -2.20. The molecule has 0 aliphatic rings. The molecule has 0 bridgehead atoms. The molecule has 21 heavy (non-hydrogen) atoms. The third-order valence-corrected chi connectivity index (χ3v) is 3.05. The van der Waals surface area contributed by atoms with Crippen molar-refractivity contribution in [1.82, 2.24) is 4.90 Å². The number of hydrogen-bond donors (Lipinski definition) is 1. The molecule has 4 heteroatoms. The molecule has 1 N–H and O–H groups in total. The molecule has 4 nitrogen and oxygen atoms in total. The number of aryl methyl sites for hydroxylation is 1. The van der Waals surface area contributed by atoms with Gasteiger partial charge in [0.05, 0.1) is 5.69 Å². The Balaban J connectivity index is 2.81. The Kier molecular flexibility index (Phi) is 6.96. The fraction of sp³-hybridized carbons (Fsp3) is 0.471. The molecular formula is C17H26N2O2. The van der Waals surface area contributed by atoms with Gasteiger partial charge in [-0.2, -0.15) is 0 Å². The first kappa shape index (κ1) is 17.2. The van der Waals surface area contributed by atoms with Crippen LogP contribution in [0.15, 0.2) is 29.8 Å². The molecule has 0 spiro atoms. The number of nitrogens with zero attached hydrogens (tertiary/aromatic N) is 1. The van der Waals surface area contributed by atoms with Crippen LogP contribution in [-0.4, -0.2) is 38.1 Å². The summed E-state index contributed by atoms with van der Waals surface area (Å²) < 4.78 is 5.79. The van der Waals surface area contributed by atoms with Gasteiger partial charge < -0.3 is 15.0 Å². The van der Waals surface area contributed by atoms with Gasteiger partial charge in [0, 0.05) is 12.1 Å². The van der Waals surface area contributed by atoms with E-state index in [0.717, 1.165) is 29.9 Å². The molecule has 0 aromatic heterocycles. The minimum absolute atomic E-state index is 0.0850. The maximum Gasteiger partial charge on any atom is 0.251 e. The van der Waals surface area contributed by atoms with E-state index in [0.29, 0.717) is 12.3 Å². The Bertz CT molecular complexity index is 508. The van der Waals surface area contributed by atoms with Gasteiger partial charge in [-0.3, -0.25) is 4.79 Å². The van der Waals surface area contributed by atoms with E-state index in [1.54, 1.807) is 0 Å². The van der Waals surface area contributed by atoms with Gasteiger partial charge in [0.25, 0.3) is 5.91 Å². The third-order valence-electron chi connectivity index (χ3n) is 3.05. The smallest absolute Gasteiger partial charge is 0.251 e. The van der Waals surface area contributed by atoms with Crippen LogP contribution in [0.2, 0.25) is 0 Å². The molecule has 0 aliphatic heterocycles. The summed E-state index contributed by atoms with van der Waals surface area (Å²) in [5.41, 5.74) is 2.54. The molecule has 0 atom stereocenters. The predicted octanol–water partition coefficient (Wildman–Crippen LogP) is 3.23. The predicted molar refractivity (Wildman–Crippen MR) is 87.9 cm³/mol. The first-order valence-electron chi connectivity index (χ1n) is 7.30. The van der Waals surface area contributed by atoms with E-state index < -0.39 is 0 Å². The fourth-order valence-corrected chi connectivity index (χ4v) is 1.81. The maximum atomic E-state index is 12.1. The Morgan fingerprint density at radius 2 is 2.10 bits per heavy atom. The number of benzene rings is 1. The van der Waals surface area contributed by atoms with E-state index in [1.807, 2.05) is 59.1 Å². The number of likely N-dealkylation sites (N-methyl/N-ethyl adjacent to an activating group) is 1. The molecule has 1 amide bonds. The highest BCUT2D eigenvalue weighted by Gasteiger charge is 2.09. The molecule has 116 valence electrons. The molecule has 0 radical (unpaired) electrons. The van der Waals surface area contributed by atoms with Crippen LogP contribution in [-0.2, 0) is 4.79 Å². The van der Waals surface area contributed by atoms with Crippen LogP contribution < -0.4 is 10.1 Å². The molecule has 0 saturated carbocycles. The van der Waals surface area contributed by atoms with Gasteiger partial charge in [-0.15, -0.1) is 0 Å². The summed E-state index contributed by atoms with van der Waals surface area (Å²) in [5, 5.41) is 2.91. The molecule has 1 aromatic carbocycles. The van der Waals surface area contributed by atoms with Crippen LogP contribution in [0.25, 0.3) is 0 Å². The van der Waals surface area contributed by atoms with Crippen LogP contribution >= 0.6 is 0 Å². The second kappa shape index (κ2) is 8.47. The van der Waals surface area contributed by atoms with Crippen molar-refractivity contribution >= 4 is 11.6 Å². The van der Waals surface area contributed by atoms with Gasteiger partial charge in [-0.05, 0) is 52.1 Å². The van der Waals surface area contributed by atoms with Crippen molar-refractivity contribution in [3.05, 3.63) is 35.4 Å². The zero-order valence-corrected chi connectivity index (χ0v) is 13.7. The number of rotatable bonds is 7. The quantitative estimate of drug-likeness (QED) is 0.784. The SMILES string of the molecule is CCC=C(C)C(=O)Nc1ccc(C)cc1OCCN(C)C. The lowest BCUT2D eigenvalue weighted by molar-refractivity contribution is -0.112. The average molecular weight is 290 g/mol. The summed E-state index contributed by atoms with van der Waals surface area (Å²) in [4.78, 5) is 14.1. The van der Waals surface area contributed by atoms with E-state index in [9.17, 15) is 4.79 Å². The largest absolute Gasteiger partial charge is 0.490 e. The van der Waals surface area contributed by atoms with Crippen molar-refractivity contribution in [1.29, 1.82) is 0 Å². The van der Waals surface area contributed by atoms with Gasteiger partial charge >= 0.3 is 0 Å². The molecule has 0 heterocycles. The molecule has 1 rings (SSSR count). The highest BCUT2D eigenvalue weighted by atomic mass is 16.5. The van der Waals surface area contributed by atoms with Gasteiger partial charge in [0.15, 0.2) is 0 Å². The van der Waals surface area contributed by atoms with Crippen LogP contribution in [0.5, 0.6) is 5.75 Å². The normalized spacial score (nSPS) is 11.6. The fourth-order valence-electron chi connectivity index (χ4n) is 1.81. The van der Waals surface area contributed by atoms with Crippen LogP contribution in [0.1, 0.15) is 25.8 Å². The summed E-state index contributed by atoms with van der Waals surface area (Å²) in [6, 6.07) is 5.80. The standard InChI is InChI=1S/C17H26N2O2/c1-6-7-14(3)17(20)18-15-9-8-13(2)12-16(15)21-11-10-19(4)5/h7-9,12H,6,10-11H2,1-5H3,(H,18,20). The first-order chi connectivity index (χ1) is 9.93. The van der Waals surface area contributed by atoms with Gasteiger partial charge in [-0.1, -0.05) is 19.1 Å². The van der Waals surface area contributed by atoms with Gasteiger partial charge in [0.1, 0.15) is 12.4 Å². The summed E-state index contributed by atoms with van der Waals surface area (Å²) in [6.07, 6.45) is 2.76. The number of ether oxygens (including phenoxy) is 1. The van der Waals surface area contributed by atoms with Gasteiger partial charge in [0.2, 0.25) is 0 Å². The molecule has 0 aliphatic carbocycles. The van der Waals surface area contributed by atoms with E-state index in [-0.39, 0.29) is 5.91 Å². The lowest BCUT2D eigenvalue weighted by atomic mass is 10.2. The first-order valence-corrected chi connectivity index (χ1v) is 7.30. The highest BCUT2D eigenvalue weighted by Crippen LogP contribution is 2.26. The van der Waals surface area contributed by atoms with E-state index in [1.165, 1.54) is 0 Å². The molecular weight excluding hydrogens is 264 g/mol. The number of carbonyl (C=O) groups is 1. The minimum atomic E-state index is -0.0850. The Morgan fingerprint density at radius 1 is 1.38 bits per heavy atom. The average Bonchev–Trinajstić information content (AvgIpc) is 2.41. The number of allylic oxidation sites excluding steroid dienone is 1. The maximum absolute atomic E-state index is 12.1. The highest BCUT2D eigenvalue weighted by molar-refractivity contribution is 6.04. The Labute approximate surface area is 127 Å². The summed E-state index contributed by atoms with van der Waals surface area (Å²) in [5.74, 6) is 0.632. The van der Waals surface area contributed by atoms with Crippen molar-refractivity contribution < 1.29 is 9.53 Å². The number of carbonyl (C=O) groups excluding carboxylic acids is 1. The molecule has 1 aromatic rings. The van der Waals surface area contributed by atoms with Crippen molar-refractivity contribution in [2.24, 2.45) is 0 Å². The summed E-state index contributed by atoms with van der Waals surface area (Å²) >= 11 is 0. The van der Waals surface area contributed by atoms with Crippen LogP contribution in [0.4, 0.5) is 5.69 Å². The number of nitrogens with one attached hydrogen (secondary N) is 1. The molecule has 0 saturated heterocycles. The van der Waals surface area contributed by atoms with Crippen molar-refractivity contribution in [2.75, 3.05) is 32.6 Å².